The highest BCUT2D eigenvalue weighted by Gasteiger charge is 2.22. The second-order valence-corrected chi connectivity index (χ2v) is 7.15. The zero-order valence-electron chi connectivity index (χ0n) is 14.7. The van der Waals surface area contributed by atoms with Gasteiger partial charge < -0.3 is 19.9 Å². The number of anilines is 1. The maximum absolute atomic E-state index is 12.6. The summed E-state index contributed by atoms with van der Waals surface area (Å²) in [6.07, 6.45) is 0.696. The van der Waals surface area contributed by atoms with E-state index in [-0.39, 0.29) is 17.1 Å². The van der Waals surface area contributed by atoms with Crippen molar-refractivity contribution >= 4 is 21.7 Å². The van der Waals surface area contributed by atoms with Crippen molar-refractivity contribution in [1.29, 1.82) is 0 Å². The van der Waals surface area contributed by atoms with Gasteiger partial charge in [-0.3, -0.25) is 0 Å². The van der Waals surface area contributed by atoms with Crippen LogP contribution >= 0.6 is 0 Å². The Balaban J connectivity index is 3.02. The van der Waals surface area contributed by atoms with E-state index in [0.29, 0.717) is 31.9 Å². The zero-order chi connectivity index (χ0) is 18.9. The second kappa shape index (κ2) is 10.3. The maximum atomic E-state index is 12.6. The van der Waals surface area contributed by atoms with Crippen LogP contribution in [-0.4, -0.2) is 59.0 Å². The number of hydrogen-bond donors (Lipinski definition) is 3. The van der Waals surface area contributed by atoms with Gasteiger partial charge in [0.2, 0.25) is 10.0 Å². The highest BCUT2D eigenvalue weighted by molar-refractivity contribution is 7.89. The summed E-state index contributed by atoms with van der Waals surface area (Å²) in [6, 6.07) is 3.52. The van der Waals surface area contributed by atoms with Crippen LogP contribution in [0.15, 0.2) is 23.1 Å². The molecule has 0 amide bonds. The van der Waals surface area contributed by atoms with Gasteiger partial charge >= 0.3 is 5.97 Å². The Morgan fingerprint density at radius 1 is 1.36 bits per heavy atom. The predicted molar refractivity (Wildman–Crippen MR) is 94.7 cm³/mol. The molecule has 0 heterocycles. The minimum atomic E-state index is -3.90. The number of aromatic carboxylic acids is 1. The Morgan fingerprint density at radius 3 is 2.68 bits per heavy atom. The third-order valence-corrected chi connectivity index (χ3v) is 4.91. The third-order valence-electron chi connectivity index (χ3n) is 3.28. The van der Waals surface area contributed by atoms with Gasteiger partial charge in [0, 0.05) is 32.9 Å². The minimum Gasteiger partial charge on any atom is -0.478 e. The fourth-order valence-electron chi connectivity index (χ4n) is 2.18. The van der Waals surface area contributed by atoms with Crippen molar-refractivity contribution in [3.05, 3.63) is 23.8 Å². The summed E-state index contributed by atoms with van der Waals surface area (Å²) in [5.41, 5.74) is 0.248. The van der Waals surface area contributed by atoms with Gasteiger partial charge in [0.25, 0.3) is 0 Å². The van der Waals surface area contributed by atoms with E-state index in [1.54, 1.807) is 6.92 Å². The fourth-order valence-corrected chi connectivity index (χ4v) is 3.61. The lowest BCUT2D eigenvalue weighted by Crippen LogP contribution is -2.36. The first-order valence-electron chi connectivity index (χ1n) is 8.02. The highest BCUT2D eigenvalue weighted by Crippen LogP contribution is 2.23. The molecule has 0 aromatic heterocycles. The van der Waals surface area contributed by atoms with Gasteiger partial charge in [-0.2, -0.15) is 0 Å². The zero-order valence-corrected chi connectivity index (χ0v) is 15.6. The van der Waals surface area contributed by atoms with Crippen molar-refractivity contribution in [1.82, 2.24) is 4.72 Å². The normalized spacial score (nSPS) is 12.8. The summed E-state index contributed by atoms with van der Waals surface area (Å²) in [6.45, 7) is 5.45. The van der Waals surface area contributed by atoms with Gasteiger partial charge in [-0.15, -0.1) is 0 Å². The molecule has 3 N–H and O–H groups in total. The minimum absolute atomic E-state index is 0.0976. The smallest absolute Gasteiger partial charge is 0.335 e. The van der Waals surface area contributed by atoms with E-state index < -0.39 is 22.0 Å². The van der Waals surface area contributed by atoms with E-state index in [9.17, 15) is 13.2 Å². The van der Waals surface area contributed by atoms with Crippen LogP contribution in [0.2, 0.25) is 0 Å². The fraction of sp³-hybridized carbons (Fsp3) is 0.562. The lowest BCUT2D eigenvalue weighted by atomic mass is 10.2. The van der Waals surface area contributed by atoms with E-state index in [1.807, 2.05) is 6.92 Å². The highest BCUT2D eigenvalue weighted by atomic mass is 32.2. The van der Waals surface area contributed by atoms with Crippen LogP contribution in [0.1, 0.15) is 30.6 Å². The van der Waals surface area contributed by atoms with E-state index in [1.165, 1.54) is 19.2 Å². The van der Waals surface area contributed by atoms with E-state index in [0.717, 1.165) is 6.07 Å². The van der Waals surface area contributed by atoms with E-state index in [2.05, 4.69) is 10.0 Å². The number of carboxylic acid groups (broad SMARTS) is 1. The summed E-state index contributed by atoms with van der Waals surface area (Å²) >= 11 is 0. The molecule has 1 aromatic carbocycles. The molecule has 0 saturated carbocycles. The summed E-state index contributed by atoms with van der Waals surface area (Å²) in [4.78, 5) is 11.1. The molecule has 142 valence electrons. The molecule has 0 saturated heterocycles. The van der Waals surface area contributed by atoms with Crippen LogP contribution in [0.25, 0.3) is 0 Å². The SMILES string of the molecule is CCOCCCNc1ccc(C(=O)O)cc1S(=O)(=O)N[C@H](C)COC. The van der Waals surface area contributed by atoms with Crippen molar-refractivity contribution in [2.45, 2.75) is 31.2 Å². The lowest BCUT2D eigenvalue weighted by Gasteiger charge is -2.17. The lowest BCUT2D eigenvalue weighted by molar-refractivity contribution is 0.0696. The average molecular weight is 374 g/mol. The summed E-state index contributed by atoms with van der Waals surface area (Å²) in [5.74, 6) is -1.19. The number of sulfonamides is 1. The second-order valence-electron chi connectivity index (χ2n) is 5.47. The quantitative estimate of drug-likeness (QED) is 0.475. The molecule has 0 spiro atoms. The molecule has 0 unspecified atom stereocenters. The number of ether oxygens (including phenoxy) is 2. The molecule has 0 aliphatic carbocycles. The standard InChI is InChI=1S/C16H26N2O6S/c1-4-24-9-5-8-17-14-7-6-13(16(19)20)10-15(14)25(21,22)18-12(2)11-23-3/h6-7,10,12,17-18H,4-5,8-9,11H2,1-3H3,(H,19,20)/t12-/m1/s1. The predicted octanol–water partition coefficient (Wildman–Crippen LogP) is 1.54. The van der Waals surface area contributed by atoms with Crippen LogP contribution in [0.5, 0.6) is 0 Å². The largest absolute Gasteiger partial charge is 0.478 e. The molecule has 8 nitrogen and oxygen atoms in total. The number of hydrogen-bond acceptors (Lipinski definition) is 6. The van der Waals surface area contributed by atoms with Crippen molar-refractivity contribution in [2.24, 2.45) is 0 Å². The molecule has 1 atom stereocenters. The van der Waals surface area contributed by atoms with E-state index >= 15 is 0 Å². The molecule has 0 bridgehead atoms. The number of benzene rings is 1. The van der Waals surface area contributed by atoms with Crippen molar-refractivity contribution in [3.63, 3.8) is 0 Å². The summed E-state index contributed by atoms with van der Waals surface area (Å²) in [7, 11) is -2.43. The van der Waals surface area contributed by atoms with Crippen LogP contribution in [0.4, 0.5) is 5.69 Å². The van der Waals surface area contributed by atoms with Crippen LogP contribution in [0.3, 0.4) is 0 Å². The molecule has 0 aliphatic rings. The number of rotatable bonds is 12. The first kappa shape index (κ1) is 21.4. The molecule has 0 aliphatic heterocycles. The Morgan fingerprint density at radius 2 is 2.08 bits per heavy atom. The molecule has 1 rings (SSSR count). The van der Waals surface area contributed by atoms with E-state index in [4.69, 9.17) is 14.6 Å². The molecular formula is C16H26N2O6S. The molecule has 1 aromatic rings. The summed E-state index contributed by atoms with van der Waals surface area (Å²) < 4.78 is 37.9. The number of carboxylic acids is 1. The number of methoxy groups -OCH3 is 1. The Hall–Kier alpha value is -1.68. The van der Waals surface area contributed by atoms with Crippen molar-refractivity contribution < 1.29 is 27.8 Å². The number of carbonyl (C=O) groups is 1. The Kier molecular flexibility index (Phi) is 8.84. The molecular weight excluding hydrogens is 348 g/mol. The number of nitrogens with one attached hydrogen (secondary N) is 2. The van der Waals surface area contributed by atoms with Gasteiger partial charge in [-0.25, -0.2) is 17.9 Å². The monoisotopic (exact) mass is 374 g/mol. The third kappa shape index (κ3) is 6.99. The van der Waals surface area contributed by atoms with Crippen molar-refractivity contribution in [2.75, 3.05) is 38.8 Å². The van der Waals surface area contributed by atoms with Gasteiger partial charge in [-0.05, 0) is 38.5 Å². The topological polar surface area (TPSA) is 114 Å². The maximum Gasteiger partial charge on any atom is 0.335 e. The molecule has 25 heavy (non-hydrogen) atoms. The molecule has 0 radical (unpaired) electrons. The van der Waals surface area contributed by atoms with Crippen molar-refractivity contribution in [3.8, 4) is 0 Å². The molecule has 9 heteroatoms. The van der Waals surface area contributed by atoms with Crippen LogP contribution in [-0.2, 0) is 19.5 Å². The summed E-state index contributed by atoms with van der Waals surface area (Å²) in [5, 5.41) is 12.2. The van der Waals surface area contributed by atoms with Crippen LogP contribution in [0, 0.1) is 0 Å². The van der Waals surface area contributed by atoms with Gasteiger partial charge in [-0.1, -0.05) is 0 Å². The molecule has 0 fully saturated rings. The first-order valence-corrected chi connectivity index (χ1v) is 9.50. The average Bonchev–Trinajstić information content (AvgIpc) is 2.54. The van der Waals surface area contributed by atoms with Crippen LogP contribution < -0.4 is 10.0 Å². The van der Waals surface area contributed by atoms with Gasteiger partial charge in [0.15, 0.2) is 0 Å². The van der Waals surface area contributed by atoms with Gasteiger partial charge in [0.05, 0.1) is 17.9 Å². The Bertz CT molecular complexity index is 663. The Labute approximate surface area is 148 Å². The first-order chi connectivity index (χ1) is 11.8. The van der Waals surface area contributed by atoms with Gasteiger partial charge in [0.1, 0.15) is 4.90 Å².